The number of rotatable bonds is 11. The minimum absolute atomic E-state index is 0.825. The van der Waals surface area contributed by atoms with E-state index in [1.54, 1.807) is 0 Å². The van der Waals surface area contributed by atoms with Crippen molar-refractivity contribution in [2.45, 2.75) is 51.4 Å². The zero-order chi connectivity index (χ0) is 10.5. The summed E-state index contributed by atoms with van der Waals surface area (Å²) in [5.74, 6) is 0. The van der Waals surface area contributed by atoms with Gasteiger partial charge in [0.2, 0.25) is 0 Å². The lowest BCUT2D eigenvalue weighted by molar-refractivity contribution is 0.126. The number of unbranched alkanes of at least 4 members (excludes halogenated alkanes) is 6. The van der Waals surface area contributed by atoms with Crippen LogP contribution in [0.1, 0.15) is 51.4 Å². The highest BCUT2D eigenvalue weighted by atomic mass is 16.5. The molecule has 2 nitrogen and oxygen atoms in total. The van der Waals surface area contributed by atoms with Crippen LogP contribution in [0.4, 0.5) is 0 Å². The van der Waals surface area contributed by atoms with Gasteiger partial charge in [-0.3, -0.25) is 0 Å². The Morgan fingerprint density at radius 2 is 1.36 bits per heavy atom. The molecule has 2 N–H and O–H groups in total. The van der Waals surface area contributed by atoms with E-state index >= 15 is 0 Å². The molecule has 0 aliphatic heterocycles. The van der Waals surface area contributed by atoms with E-state index in [-0.39, 0.29) is 0 Å². The molecule has 0 unspecified atom stereocenters. The van der Waals surface area contributed by atoms with Crippen LogP contribution in [0.5, 0.6) is 0 Å². The summed E-state index contributed by atoms with van der Waals surface area (Å²) in [5, 5.41) is 0. The molecule has 85 valence electrons. The monoisotopic (exact) mass is 200 g/mol. The molecular formula is C12H26NO. The summed E-state index contributed by atoms with van der Waals surface area (Å²) in [4.78, 5) is 0. The lowest BCUT2D eigenvalue weighted by Gasteiger charge is -2.03. The molecule has 14 heavy (non-hydrogen) atoms. The van der Waals surface area contributed by atoms with Crippen molar-refractivity contribution in [3.8, 4) is 0 Å². The maximum Gasteiger partial charge on any atom is 0.0466 e. The first-order chi connectivity index (χ1) is 6.91. The molecular weight excluding hydrogens is 174 g/mol. The molecule has 0 saturated heterocycles. The standard InChI is InChI=1S/C12H26NO/c1-2-3-4-8-11-14-12-9-6-5-7-10-13/h1-13H2. The predicted molar refractivity (Wildman–Crippen MR) is 62.2 cm³/mol. The molecule has 2 heteroatoms. The van der Waals surface area contributed by atoms with Gasteiger partial charge in [-0.05, 0) is 25.8 Å². The van der Waals surface area contributed by atoms with E-state index < -0.39 is 0 Å². The highest BCUT2D eigenvalue weighted by Crippen LogP contribution is 2.01. The van der Waals surface area contributed by atoms with Gasteiger partial charge in [-0.2, -0.15) is 0 Å². The number of ether oxygens (including phenoxy) is 1. The van der Waals surface area contributed by atoms with Crippen molar-refractivity contribution in [2.24, 2.45) is 5.73 Å². The van der Waals surface area contributed by atoms with Crippen LogP contribution in [0.15, 0.2) is 0 Å². The van der Waals surface area contributed by atoms with Crippen molar-refractivity contribution in [1.82, 2.24) is 0 Å². The predicted octanol–water partition coefficient (Wildman–Crippen LogP) is 2.92. The Bertz CT molecular complexity index is 84.3. The zero-order valence-electron chi connectivity index (χ0n) is 9.47. The van der Waals surface area contributed by atoms with Crippen LogP contribution in [0.3, 0.4) is 0 Å². The molecule has 0 aliphatic carbocycles. The molecule has 0 aliphatic rings. The van der Waals surface area contributed by atoms with Gasteiger partial charge in [0.1, 0.15) is 0 Å². The van der Waals surface area contributed by atoms with Crippen molar-refractivity contribution in [3.63, 3.8) is 0 Å². The normalized spacial score (nSPS) is 10.7. The summed E-state index contributed by atoms with van der Waals surface area (Å²) < 4.78 is 5.51. The van der Waals surface area contributed by atoms with Crippen molar-refractivity contribution in [2.75, 3.05) is 19.8 Å². The molecule has 0 rings (SSSR count). The second-order valence-corrected chi connectivity index (χ2v) is 3.73. The van der Waals surface area contributed by atoms with E-state index in [0.29, 0.717) is 0 Å². The van der Waals surface area contributed by atoms with Crippen molar-refractivity contribution < 1.29 is 4.74 Å². The summed E-state index contributed by atoms with van der Waals surface area (Å²) in [5.41, 5.74) is 5.40. The lowest BCUT2D eigenvalue weighted by atomic mass is 10.2. The van der Waals surface area contributed by atoms with Gasteiger partial charge in [0.15, 0.2) is 0 Å². The fraction of sp³-hybridized carbons (Fsp3) is 0.917. The van der Waals surface area contributed by atoms with Gasteiger partial charge in [-0.1, -0.05) is 39.0 Å². The van der Waals surface area contributed by atoms with E-state index in [9.17, 15) is 0 Å². The number of nitrogens with two attached hydrogens (primary N) is 1. The SMILES string of the molecule is [CH2]CCCCCOCCCCCCN. The molecule has 0 aromatic carbocycles. The fourth-order valence-corrected chi connectivity index (χ4v) is 1.36. The molecule has 0 heterocycles. The van der Waals surface area contributed by atoms with Crippen LogP contribution >= 0.6 is 0 Å². The fourth-order valence-electron chi connectivity index (χ4n) is 1.36. The van der Waals surface area contributed by atoms with Crippen LogP contribution in [-0.4, -0.2) is 19.8 Å². The first kappa shape index (κ1) is 13.9. The lowest BCUT2D eigenvalue weighted by Crippen LogP contribution is -2.00. The molecule has 0 spiro atoms. The van der Waals surface area contributed by atoms with Gasteiger partial charge in [0.25, 0.3) is 0 Å². The van der Waals surface area contributed by atoms with E-state index in [0.717, 1.165) is 32.6 Å². The van der Waals surface area contributed by atoms with Gasteiger partial charge in [-0.15, -0.1) is 0 Å². The molecule has 0 bridgehead atoms. The smallest absolute Gasteiger partial charge is 0.0466 e. The van der Waals surface area contributed by atoms with Crippen LogP contribution in [0.25, 0.3) is 0 Å². The Hall–Kier alpha value is -0.0800. The van der Waals surface area contributed by atoms with Crippen LogP contribution in [0, 0.1) is 6.92 Å². The van der Waals surface area contributed by atoms with Gasteiger partial charge >= 0.3 is 0 Å². The number of hydrogen-bond acceptors (Lipinski definition) is 2. The third-order valence-corrected chi connectivity index (χ3v) is 2.28. The minimum atomic E-state index is 0.825. The Morgan fingerprint density at radius 3 is 1.93 bits per heavy atom. The second kappa shape index (κ2) is 12.9. The Morgan fingerprint density at radius 1 is 0.786 bits per heavy atom. The van der Waals surface area contributed by atoms with Crippen molar-refractivity contribution >= 4 is 0 Å². The van der Waals surface area contributed by atoms with Gasteiger partial charge < -0.3 is 10.5 Å². The molecule has 1 radical (unpaired) electrons. The third-order valence-electron chi connectivity index (χ3n) is 2.28. The van der Waals surface area contributed by atoms with Crippen molar-refractivity contribution in [3.05, 3.63) is 6.92 Å². The van der Waals surface area contributed by atoms with Crippen LogP contribution in [-0.2, 0) is 4.74 Å². The van der Waals surface area contributed by atoms with E-state index in [2.05, 4.69) is 6.92 Å². The minimum Gasteiger partial charge on any atom is -0.381 e. The van der Waals surface area contributed by atoms with Gasteiger partial charge in [0.05, 0.1) is 0 Å². The van der Waals surface area contributed by atoms with E-state index in [4.69, 9.17) is 10.5 Å². The van der Waals surface area contributed by atoms with Gasteiger partial charge in [0, 0.05) is 13.2 Å². The average Bonchev–Trinajstić information content (AvgIpc) is 2.21. The van der Waals surface area contributed by atoms with Crippen LogP contribution < -0.4 is 5.73 Å². The number of hydrogen-bond donors (Lipinski definition) is 1. The summed E-state index contributed by atoms with van der Waals surface area (Å²) in [6, 6.07) is 0. The first-order valence-corrected chi connectivity index (χ1v) is 5.99. The summed E-state index contributed by atoms with van der Waals surface area (Å²) >= 11 is 0. The Balaban J connectivity index is 2.78. The molecule has 0 atom stereocenters. The molecule has 0 aromatic rings. The Labute approximate surface area is 89.2 Å². The summed E-state index contributed by atoms with van der Waals surface area (Å²) in [6.45, 7) is 6.49. The highest BCUT2D eigenvalue weighted by Gasteiger charge is 1.91. The highest BCUT2D eigenvalue weighted by molar-refractivity contribution is 4.45. The van der Waals surface area contributed by atoms with Gasteiger partial charge in [-0.25, -0.2) is 0 Å². The van der Waals surface area contributed by atoms with Crippen LogP contribution in [0.2, 0.25) is 0 Å². The summed E-state index contributed by atoms with van der Waals surface area (Å²) in [6.07, 6.45) is 9.60. The third kappa shape index (κ3) is 11.9. The maximum atomic E-state index is 5.51. The second-order valence-electron chi connectivity index (χ2n) is 3.73. The maximum absolute atomic E-state index is 5.51. The molecule has 0 amide bonds. The van der Waals surface area contributed by atoms with Crippen molar-refractivity contribution in [1.29, 1.82) is 0 Å². The quantitative estimate of drug-likeness (QED) is 0.520. The summed E-state index contributed by atoms with van der Waals surface area (Å²) in [7, 11) is 0. The largest absolute Gasteiger partial charge is 0.381 e. The average molecular weight is 200 g/mol. The Kier molecular flexibility index (Phi) is 12.8. The first-order valence-electron chi connectivity index (χ1n) is 5.99. The molecule has 0 aromatic heterocycles. The molecule has 0 saturated carbocycles. The molecule has 0 fully saturated rings. The zero-order valence-corrected chi connectivity index (χ0v) is 9.47. The van der Waals surface area contributed by atoms with E-state index in [1.807, 2.05) is 0 Å². The topological polar surface area (TPSA) is 35.2 Å². The van der Waals surface area contributed by atoms with E-state index in [1.165, 1.54) is 38.5 Å².